The van der Waals surface area contributed by atoms with E-state index in [2.05, 4.69) is 54.8 Å². The fourth-order valence-corrected chi connectivity index (χ4v) is 3.18. The molecule has 128 valence electrons. The van der Waals surface area contributed by atoms with Gasteiger partial charge in [-0.15, -0.1) is 0 Å². The molecule has 0 aromatic heterocycles. The van der Waals surface area contributed by atoms with E-state index < -0.39 is 0 Å². The second kappa shape index (κ2) is 9.70. The van der Waals surface area contributed by atoms with Gasteiger partial charge >= 0.3 is 0 Å². The number of hydrogen-bond acceptors (Lipinski definition) is 2. The van der Waals surface area contributed by atoms with Crippen molar-refractivity contribution in [3.8, 4) is 11.1 Å². The number of fused-ring (bicyclic) bond motifs is 1. The summed E-state index contributed by atoms with van der Waals surface area (Å²) in [6.45, 7) is 6.19. The van der Waals surface area contributed by atoms with Crippen LogP contribution in [0.25, 0.3) is 11.1 Å². The van der Waals surface area contributed by atoms with Gasteiger partial charge in [-0.1, -0.05) is 81.5 Å². The maximum Gasteiger partial charge on any atom is 0.107 e. The Bertz CT molecular complexity index is 613. The molecule has 4 heteroatoms. The highest BCUT2D eigenvalue weighted by Gasteiger charge is 2.19. The first-order chi connectivity index (χ1) is 11.7. The molecule has 0 atom stereocenters. The largest absolute Gasteiger partial charge is 0.376 e. The molecule has 0 aromatic rings. The standard InChI is InChI=1S/C20H26N2S2/c1-3-5-12-21-19(23)17-14-18(20(24)22-13-6-4-2)16-11-9-7-8-10-15(16)17/h7-11,14H,3-6,12-13H2,1-2H3,(H,21,23)(H,22,24). The van der Waals surface area contributed by atoms with E-state index in [1.54, 1.807) is 0 Å². The Labute approximate surface area is 156 Å². The van der Waals surface area contributed by atoms with Crippen LogP contribution in [-0.4, -0.2) is 23.1 Å². The van der Waals surface area contributed by atoms with Gasteiger partial charge in [-0.3, -0.25) is 0 Å². The van der Waals surface area contributed by atoms with Crippen LogP contribution in [-0.2, 0) is 0 Å². The number of thiocarbonyl (C=S) groups is 2. The van der Waals surface area contributed by atoms with Gasteiger partial charge in [-0.2, -0.15) is 0 Å². The van der Waals surface area contributed by atoms with Crippen molar-refractivity contribution in [3.63, 3.8) is 0 Å². The molecule has 0 aromatic carbocycles. The van der Waals surface area contributed by atoms with Gasteiger partial charge in [0.05, 0.1) is 0 Å². The lowest BCUT2D eigenvalue weighted by molar-refractivity contribution is 0.759. The van der Waals surface area contributed by atoms with E-state index in [4.69, 9.17) is 24.4 Å². The lowest BCUT2D eigenvalue weighted by atomic mass is 10.1. The summed E-state index contributed by atoms with van der Waals surface area (Å²) in [5, 5.41) is 6.75. The van der Waals surface area contributed by atoms with Crippen LogP contribution in [0.15, 0.2) is 36.4 Å². The van der Waals surface area contributed by atoms with E-state index in [1.165, 1.54) is 0 Å². The zero-order chi connectivity index (χ0) is 17.4. The average molecular weight is 359 g/mol. The molecular weight excluding hydrogens is 332 g/mol. The molecule has 0 spiro atoms. The Hall–Kier alpha value is -1.52. The Balaban J connectivity index is 2.29. The molecule has 0 bridgehead atoms. The topological polar surface area (TPSA) is 24.1 Å². The Morgan fingerprint density at radius 1 is 0.792 bits per heavy atom. The van der Waals surface area contributed by atoms with E-state index >= 15 is 0 Å². The number of hydrogen-bond donors (Lipinski definition) is 2. The summed E-state index contributed by atoms with van der Waals surface area (Å²) in [5.41, 5.74) is 4.45. The molecule has 0 fully saturated rings. The van der Waals surface area contributed by atoms with Gasteiger partial charge in [0.1, 0.15) is 9.98 Å². The van der Waals surface area contributed by atoms with E-state index in [0.717, 1.165) is 71.0 Å². The van der Waals surface area contributed by atoms with Crippen LogP contribution >= 0.6 is 24.4 Å². The van der Waals surface area contributed by atoms with Gasteiger partial charge in [0.25, 0.3) is 0 Å². The second-order valence-corrected chi connectivity index (χ2v) is 6.75. The first kappa shape index (κ1) is 18.8. The molecule has 24 heavy (non-hydrogen) atoms. The van der Waals surface area contributed by atoms with Crippen molar-refractivity contribution in [2.75, 3.05) is 13.1 Å². The maximum absolute atomic E-state index is 5.63. The van der Waals surface area contributed by atoms with Gasteiger partial charge in [0.2, 0.25) is 0 Å². The molecule has 2 N–H and O–H groups in total. The monoisotopic (exact) mass is 358 g/mol. The molecule has 0 saturated carbocycles. The minimum Gasteiger partial charge on any atom is -0.376 e. The fourth-order valence-electron chi connectivity index (χ4n) is 2.64. The minimum absolute atomic E-state index is 0.808. The predicted molar refractivity (Wildman–Crippen MR) is 112 cm³/mol. The number of unbranched alkanes of at least 4 members (excludes halogenated alkanes) is 2. The number of rotatable bonds is 8. The van der Waals surface area contributed by atoms with Crippen molar-refractivity contribution in [1.29, 1.82) is 0 Å². The van der Waals surface area contributed by atoms with Crippen LogP contribution in [0.5, 0.6) is 0 Å². The minimum atomic E-state index is 0.808. The van der Waals surface area contributed by atoms with Crippen molar-refractivity contribution in [2.24, 2.45) is 0 Å². The van der Waals surface area contributed by atoms with E-state index in [1.807, 2.05) is 6.07 Å². The molecule has 0 aliphatic heterocycles. The zero-order valence-electron chi connectivity index (χ0n) is 14.5. The summed E-state index contributed by atoms with van der Waals surface area (Å²) < 4.78 is 0. The summed E-state index contributed by atoms with van der Waals surface area (Å²) in [4.78, 5) is 1.62. The van der Waals surface area contributed by atoms with Gasteiger partial charge in [0.15, 0.2) is 0 Å². The van der Waals surface area contributed by atoms with Crippen LogP contribution in [0.2, 0.25) is 0 Å². The summed E-state index contributed by atoms with van der Waals surface area (Å²) in [6, 6.07) is 12.5. The van der Waals surface area contributed by atoms with Gasteiger partial charge < -0.3 is 10.6 Å². The Kier molecular flexibility index (Phi) is 7.60. The predicted octanol–water partition coefficient (Wildman–Crippen LogP) is 4.92. The Morgan fingerprint density at radius 3 is 1.67 bits per heavy atom. The molecule has 2 nitrogen and oxygen atoms in total. The van der Waals surface area contributed by atoms with Crippen molar-refractivity contribution < 1.29 is 0 Å². The van der Waals surface area contributed by atoms with Crippen LogP contribution in [0.4, 0.5) is 0 Å². The molecular formula is C20H26N2S2. The van der Waals surface area contributed by atoms with Crippen molar-refractivity contribution in [2.45, 2.75) is 39.5 Å². The molecule has 0 heterocycles. The molecule has 0 unspecified atom stereocenters. The van der Waals surface area contributed by atoms with E-state index in [-0.39, 0.29) is 0 Å². The third-order valence-corrected chi connectivity index (χ3v) is 4.76. The van der Waals surface area contributed by atoms with Gasteiger partial charge in [-0.25, -0.2) is 0 Å². The zero-order valence-corrected chi connectivity index (χ0v) is 16.2. The van der Waals surface area contributed by atoms with Crippen molar-refractivity contribution >= 4 is 34.4 Å². The first-order valence-electron chi connectivity index (χ1n) is 8.77. The van der Waals surface area contributed by atoms with Crippen LogP contribution in [0, 0.1) is 0 Å². The molecule has 2 aliphatic carbocycles. The maximum atomic E-state index is 5.63. The SMILES string of the molecule is CCCCNC(=S)c1cc(C(=S)NCCCC)c2cccccc1-2. The van der Waals surface area contributed by atoms with Crippen molar-refractivity contribution in [3.05, 3.63) is 47.5 Å². The molecule has 0 saturated heterocycles. The highest BCUT2D eigenvalue weighted by molar-refractivity contribution is 7.81. The summed E-state index contributed by atoms with van der Waals surface area (Å²) in [5.74, 6) is 0. The third kappa shape index (κ3) is 4.74. The smallest absolute Gasteiger partial charge is 0.107 e. The molecule has 0 radical (unpaired) electrons. The quantitative estimate of drug-likeness (QED) is 0.516. The number of nitrogens with one attached hydrogen (secondary N) is 2. The Morgan fingerprint density at radius 2 is 1.25 bits per heavy atom. The van der Waals surface area contributed by atoms with Gasteiger partial charge in [0, 0.05) is 24.2 Å². The summed E-state index contributed by atoms with van der Waals surface area (Å²) in [7, 11) is 0. The fraction of sp³-hybridized carbons (Fsp3) is 0.400. The van der Waals surface area contributed by atoms with Crippen molar-refractivity contribution in [1.82, 2.24) is 10.6 Å². The normalized spacial score (nSPS) is 10.6. The van der Waals surface area contributed by atoms with E-state index in [9.17, 15) is 0 Å². The summed E-state index contributed by atoms with van der Waals surface area (Å²) in [6.07, 6.45) is 4.55. The summed E-state index contributed by atoms with van der Waals surface area (Å²) >= 11 is 11.3. The lowest BCUT2D eigenvalue weighted by Crippen LogP contribution is -2.24. The molecule has 2 rings (SSSR count). The van der Waals surface area contributed by atoms with E-state index in [0.29, 0.717) is 0 Å². The highest BCUT2D eigenvalue weighted by Crippen LogP contribution is 2.32. The highest BCUT2D eigenvalue weighted by atomic mass is 32.1. The van der Waals surface area contributed by atoms with Crippen LogP contribution < -0.4 is 10.6 Å². The molecule has 0 amide bonds. The second-order valence-electron chi connectivity index (χ2n) is 5.93. The molecule has 2 aliphatic rings. The average Bonchev–Trinajstić information content (AvgIpc) is 2.77. The van der Waals surface area contributed by atoms with Crippen LogP contribution in [0.1, 0.15) is 50.7 Å². The lowest BCUT2D eigenvalue weighted by Gasteiger charge is -2.08. The first-order valence-corrected chi connectivity index (χ1v) is 9.58. The van der Waals surface area contributed by atoms with Gasteiger partial charge in [-0.05, 0) is 30.0 Å². The van der Waals surface area contributed by atoms with Crippen LogP contribution in [0.3, 0.4) is 0 Å². The third-order valence-electron chi connectivity index (χ3n) is 4.03.